The lowest BCUT2D eigenvalue weighted by Gasteiger charge is -2.15. The fraction of sp³-hybridized carbons (Fsp3) is 0.350. The van der Waals surface area contributed by atoms with Crippen molar-refractivity contribution in [2.75, 3.05) is 13.2 Å². The van der Waals surface area contributed by atoms with Crippen molar-refractivity contribution in [2.24, 2.45) is 11.7 Å². The zero-order valence-corrected chi connectivity index (χ0v) is 15.6. The third kappa shape index (κ3) is 6.77. The Hall–Kier alpha value is -2.04. The molecule has 0 aliphatic rings. The van der Waals surface area contributed by atoms with Crippen molar-refractivity contribution in [1.82, 2.24) is 5.32 Å². The summed E-state index contributed by atoms with van der Waals surface area (Å²) < 4.78 is 5.85. The van der Waals surface area contributed by atoms with Gasteiger partial charge in [-0.05, 0) is 24.0 Å². The predicted molar refractivity (Wildman–Crippen MR) is 105 cm³/mol. The summed E-state index contributed by atoms with van der Waals surface area (Å²) in [5.41, 5.74) is 8.01. The van der Waals surface area contributed by atoms with E-state index in [9.17, 15) is 4.79 Å². The second-order valence-electron chi connectivity index (χ2n) is 6.24. The molecule has 0 aliphatic heterocycles. The molecular formula is C20H27ClN2O2. The average Bonchev–Trinajstić information content (AvgIpc) is 2.59. The van der Waals surface area contributed by atoms with Crippen molar-refractivity contribution in [3.8, 4) is 16.9 Å². The quantitative estimate of drug-likeness (QED) is 0.704. The van der Waals surface area contributed by atoms with Crippen LogP contribution in [0.5, 0.6) is 5.75 Å². The Kier molecular flexibility index (Phi) is 9.03. The van der Waals surface area contributed by atoms with Crippen molar-refractivity contribution >= 4 is 18.3 Å². The van der Waals surface area contributed by atoms with Gasteiger partial charge in [0.25, 0.3) is 0 Å². The van der Waals surface area contributed by atoms with Gasteiger partial charge in [-0.25, -0.2) is 0 Å². The van der Waals surface area contributed by atoms with E-state index in [0.29, 0.717) is 25.5 Å². The number of carbonyl (C=O) groups is 1. The van der Waals surface area contributed by atoms with Crippen LogP contribution in [0.2, 0.25) is 0 Å². The molecule has 1 atom stereocenters. The summed E-state index contributed by atoms with van der Waals surface area (Å²) in [4.78, 5) is 11.9. The molecule has 2 aromatic carbocycles. The molecule has 5 heteroatoms. The number of hydrogen-bond acceptors (Lipinski definition) is 3. The molecule has 0 aliphatic carbocycles. The first-order valence-electron chi connectivity index (χ1n) is 8.38. The topological polar surface area (TPSA) is 64.4 Å². The zero-order valence-electron chi connectivity index (χ0n) is 14.8. The predicted octanol–water partition coefficient (Wildman–Crippen LogP) is 3.64. The Morgan fingerprint density at radius 2 is 1.72 bits per heavy atom. The van der Waals surface area contributed by atoms with E-state index in [1.807, 2.05) is 42.5 Å². The number of benzene rings is 2. The minimum Gasteiger partial charge on any atom is -0.491 e. The van der Waals surface area contributed by atoms with Crippen molar-refractivity contribution in [1.29, 1.82) is 0 Å². The highest BCUT2D eigenvalue weighted by Crippen LogP contribution is 2.29. The summed E-state index contributed by atoms with van der Waals surface area (Å²) in [6, 6.07) is 17.5. The summed E-state index contributed by atoms with van der Waals surface area (Å²) in [6.45, 7) is 4.95. The van der Waals surface area contributed by atoms with Gasteiger partial charge in [0.1, 0.15) is 12.4 Å². The molecule has 0 fully saturated rings. The molecule has 2 aromatic rings. The number of rotatable bonds is 8. The van der Waals surface area contributed by atoms with Gasteiger partial charge in [0.05, 0.1) is 12.6 Å². The molecule has 0 radical (unpaired) electrons. The van der Waals surface area contributed by atoms with Crippen molar-refractivity contribution < 1.29 is 9.53 Å². The molecule has 0 saturated heterocycles. The van der Waals surface area contributed by atoms with E-state index in [1.54, 1.807) is 0 Å². The number of hydrogen-bond donors (Lipinski definition) is 2. The Balaban J connectivity index is 0.00000312. The van der Waals surface area contributed by atoms with Crippen LogP contribution in [-0.4, -0.2) is 25.1 Å². The van der Waals surface area contributed by atoms with Gasteiger partial charge in [-0.3, -0.25) is 4.79 Å². The smallest absolute Gasteiger partial charge is 0.237 e. The molecule has 0 heterocycles. The fourth-order valence-electron chi connectivity index (χ4n) is 2.53. The third-order valence-electron chi connectivity index (χ3n) is 3.69. The van der Waals surface area contributed by atoms with Gasteiger partial charge < -0.3 is 15.8 Å². The highest BCUT2D eigenvalue weighted by atomic mass is 35.5. The molecule has 0 aromatic heterocycles. The van der Waals surface area contributed by atoms with Gasteiger partial charge in [0.2, 0.25) is 5.91 Å². The largest absolute Gasteiger partial charge is 0.491 e. The van der Waals surface area contributed by atoms with E-state index in [0.717, 1.165) is 16.9 Å². The Morgan fingerprint density at radius 3 is 2.40 bits per heavy atom. The van der Waals surface area contributed by atoms with Crippen LogP contribution in [0.25, 0.3) is 11.1 Å². The number of para-hydroxylation sites is 1. The lowest BCUT2D eigenvalue weighted by molar-refractivity contribution is -0.122. The van der Waals surface area contributed by atoms with Gasteiger partial charge in [-0.15, -0.1) is 12.4 Å². The minimum absolute atomic E-state index is 0. The number of halogens is 1. The van der Waals surface area contributed by atoms with Crippen molar-refractivity contribution in [3.63, 3.8) is 0 Å². The van der Waals surface area contributed by atoms with Gasteiger partial charge in [0, 0.05) is 5.56 Å². The van der Waals surface area contributed by atoms with Gasteiger partial charge in [-0.2, -0.15) is 0 Å². The molecular weight excluding hydrogens is 336 g/mol. The summed E-state index contributed by atoms with van der Waals surface area (Å²) >= 11 is 0. The lowest BCUT2D eigenvalue weighted by atomic mass is 10.0. The summed E-state index contributed by atoms with van der Waals surface area (Å²) in [5.74, 6) is 1.09. The second-order valence-corrected chi connectivity index (χ2v) is 6.24. The van der Waals surface area contributed by atoms with Crippen LogP contribution in [0.4, 0.5) is 0 Å². The third-order valence-corrected chi connectivity index (χ3v) is 3.69. The summed E-state index contributed by atoms with van der Waals surface area (Å²) in [5, 5.41) is 2.83. The SMILES string of the molecule is CC(C)C[C@H](N)C(=O)NCCOc1ccccc1-c1ccccc1.Cl. The highest BCUT2D eigenvalue weighted by molar-refractivity contribution is 5.85. The van der Waals surface area contributed by atoms with Gasteiger partial charge >= 0.3 is 0 Å². The minimum atomic E-state index is -0.457. The maximum Gasteiger partial charge on any atom is 0.237 e. The van der Waals surface area contributed by atoms with Crippen LogP contribution >= 0.6 is 12.4 Å². The molecule has 0 bridgehead atoms. The van der Waals surface area contributed by atoms with E-state index in [2.05, 4.69) is 31.3 Å². The van der Waals surface area contributed by atoms with E-state index in [-0.39, 0.29) is 18.3 Å². The van der Waals surface area contributed by atoms with Crippen LogP contribution in [-0.2, 0) is 4.79 Å². The maximum atomic E-state index is 11.9. The first-order chi connectivity index (χ1) is 11.6. The molecule has 1 amide bonds. The van der Waals surface area contributed by atoms with Crippen LogP contribution in [0.1, 0.15) is 20.3 Å². The van der Waals surface area contributed by atoms with Crippen molar-refractivity contribution in [3.05, 3.63) is 54.6 Å². The molecule has 4 nitrogen and oxygen atoms in total. The van der Waals surface area contributed by atoms with E-state index in [1.165, 1.54) is 0 Å². The number of carbonyl (C=O) groups excluding carboxylic acids is 1. The van der Waals surface area contributed by atoms with Crippen LogP contribution < -0.4 is 15.8 Å². The zero-order chi connectivity index (χ0) is 17.4. The summed E-state index contributed by atoms with van der Waals surface area (Å²) in [7, 11) is 0. The summed E-state index contributed by atoms with van der Waals surface area (Å²) in [6.07, 6.45) is 0.684. The first-order valence-corrected chi connectivity index (χ1v) is 8.38. The fourth-order valence-corrected chi connectivity index (χ4v) is 2.53. The molecule has 3 N–H and O–H groups in total. The number of nitrogens with two attached hydrogens (primary N) is 1. The van der Waals surface area contributed by atoms with E-state index < -0.39 is 6.04 Å². The second kappa shape index (κ2) is 10.7. The molecule has 0 unspecified atom stereocenters. The molecule has 136 valence electrons. The van der Waals surface area contributed by atoms with Gasteiger partial charge in [-0.1, -0.05) is 62.4 Å². The number of nitrogens with one attached hydrogen (secondary N) is 1. The van der Waals surface area contributed by atoms with Gasteiger partial charge in [0.15, 0.2) is 0 Å². The van der Waals surface area contributed by atoms with Crippen molar-refractivity contribution in [2.45, 2.75) is 26.3 Å². The lowest BCUT2D eigenvalue weighted by Crippen LogP contribution is -2.42. The standard InChI is InChI=1S/C20H26N2O2.ClH/c1-15(2)14-18(21)20(23)22-12-13-24-19-11-7-6-10-17(19)16-8-4-3-5-9-16;/h3-11,15,18H,12-14,21H2,1-2H3,(H,22,23);1H/t18-;/m0./s1. The van der Waals surface area contributed by atoms with Crippen LogP contribution in [0.15, 0.2) is 54.6 Å². The Bertz CT molecular complexity index is 647. The number of ether oxygens (including phenoxy) is 1. The monoisotopic (exact) mass is 362 g/mol. The Labute approximate surface area is 156 Å². The first kappa shape index (κ1) is 21.0. The molecule has 2 rings (SSSR count). The molecule has 0 spiro atoms. The Morgan fingerprint density at radius 1 is 1.08 bits per heavy atom. The number of amides is 1. The highest BCUT2D eigenvalue weighted by Gasteiger charge is 2.14. The average molecular weight is 363 g/mol. The molecule has 0 saturated carbocycles. The normalized spacial score (nSPS) is 11.5. The molecule has 25 heavy (non-hydrogen) atoms. The maximum absolute atomic E-state index is 11.9. The van der Waals surface area contributed by atoms with Crippen LogP contribution in [0, 0.1) is 5.92 Å². The van der Waals surface area contributed by atoms with E-state index >= 15 is 0 Å². The van der Waals surface area contributed by atoms with E-state index in [4.69, 9.17) is 10.5 Å². The van der Waals surface area contributed by atoms with Crippen LogP contribution in [0.3, 0.4) is 0 Å².